The summed E-state index contributed by atoms with van der Waals surface area (Å²) in [5.74, 6) is 0. The first-order valence-corrected chi connectivity index (χ1v) is 5.59. The molecule has 1 heterocycles. The Morgan fingerprint density at radius 2 is 2.19 bits per heavy atom. The van der Waals surface area contributed by atoms with Crippen LogP contribution in [0.4, 0.5) is 13.2 Å². The van der Waals surface area contributed by atoms with E-state index in [9.17, 15) is 13.2 Å². The molecule has 0 aromatic carbocycles. The summed E-state index contributed by atoms with van der Waals surface area (Å²) in [5, 5.41) is 3.22. The highest BCUT2D eigenvalue weighted by molar-refractivity contribution is 5.12. The smallest absolute Gasteiger partial charge is 0.312 e. The van der Waals surface area contributed by atoms with Gasteiger partial charge in [-0.2, -0.15) is 13.2 Å². The van der Waals surface area contributed by atoms with E-state index in [2.05, 4.69) is 11.9 Å². The number of piperazine rings is 1. The van der Waals surface area contributed by atoms with Crippen LogP contribution < -0.4 is 5.32 Å². The summed E-state index contributed by atoms with van der Waals surface area (Å²) >= 11 is 0. The summed E-state index contributed by atoms with van der Waals surface area (Å²) < 4.78 is 37.8. The fourth-order valence-corrected chi connectivity index (χ4v) is 2.16. The highest BCUT2D eigenvalue weighted by Crippen LogP contribution is 2.30. The highest BCUT2D eigenvalue weighted by Gasteiger charge is 2.39. The molecule has 5 heteroatoms. The molecule has 0 spiro atoms. The van der Waals surface area contributed by atoms with Gasteiger partial charge in [-0.15, -0.1) is 0 Å². The molecule has 0 saturated carbocycles. The van der Waals surface area contributed by atoms with Crippen molar-refractivity contribution in [3.8, 4) is 0 Å². The second-order valence-electron chi connectivity index (χ2n) is 4.30. The van der Waals surface area contributed by atoms with Crippen LogP contribution in [0.2, 0.25) is 0 Å². The second-order valence-corrected chi connectivity index (χ2v) is 4.30. The maximum Gasteiger partial charge on any atom is 0.413 e. The molecule has 1 fully saturated rings. The molecule has 1 rings (SSSR count). The Kier molecular flexibility index (Phi) is 4.38. The normalized spacial score (nSPS) is 25.4. The molecular weight excluding hydrogens is 217 g/mol. The number of halogens is 3. The minimum Gasteiger partial charge on any atom is -0.312 e. The van der Waals surface area contributed by atoms with E-state index in [1.807, 2.05) is 11.8 Å². The van der Waals surface area contributed by atoms with Crippen molar-refractivity contribution in [3.05, 3.63) is 12.2 Å². The number of rotatable bonds is 3. The number of hydrogen-bond donors (Lipinski definition) is 1. The van der Waals surface area contributed by atoms with Gasteiger partial charge in [-0.3, -0.25) is 4.90 Å². The number of nitrogens with zero attached hydrogens (tertiary/aromatic N) is 1. The molecule has 0 radical (unpaired) electrons. The Bertz CT molecular complexity index is 250. The van der Waals surface area contributed by atoms with E-state index in [4.69, 9.17) is 0 Å². The van der Waals surface area contributed by atoms with Crippen molar-refractivity contribution >= 4 is 0 Å². The first-order valence-electron chi connectivity index (χ1n) is 5.59. The van der Waals surface area contributed by atoms with Crippen molar-refractivity contribution in [1.29, 1.82) is 0 Å². The molecule has 1 saturated heterocycles. The van der Waals surface area contributed by atoms with Gasteiger partial charge in [0, 0.05) is 37.3 Å². The Balaban J connectivity index is 2.70. The van der Waals surface area contributed by atoms with Crippen LogP contribution in [0.3, 0.4) is 0 Å². The fourth-order valence-electron chi connectivity index (χ4n) is 2.16. The van der Waals surface area contributed by atoms with Crippen LogP contribution in [0.25, 0.3) is 0 Å². The van der Waals surface area contributed by atoms with Crippen molar-refractivity contribution in [1.82, 2.24) is 10.2 Å². The molecule has 0 amide bonds. The van der Waals surface area contributed by atoms with Gasteiger partial charge in [-0.1, -0.05) is 13.5 Å². The zero-order valence-electron chi connectivity index (χ0n) is 9.77. The van der Waals surface area contributed by atoms with E-state index in [0.29, 0.717) is 19.5 Å². The Morgan fingerprint density at radius 3 is 2.62 bits per heavy atom. The molecule has 1 aliphatic heterocycles. The lowest BCUT2D eigenvalue weighted by Gasteiger charge is -2.38. The third kappa shape index (κ3) is 3.22. The zero-order valence-corrected chi connectivity index (χ0v) is 9.77. The van der Waals surface area contributed by atoms with E-state index in [0.717, 1.165) is 6.54 Å². The number of alkyl halides is 3. The first-order chi connectivity index (χ1) is 7.36. The second kappa shape index (κ2) is 5.19. The van der Waals surface area contributed by atoms with Gasteiger partial charge in [-0.25, -0.2) is 0 Å². The molecule has 0 aliphatic carbocycles. The van der Waals surface area contributed by atoms with Gasteiger partial charge in [0.1, 0.15) is 0 Å². The van der Waals surface area contributed by atoms with Crippen LogP contribution in [-0.2, 0) is 0 Å². The lowest BCUT2D eigenvalue weighted by molar-refractivity contribution is -0.102. The highest BCUT2D eigenvalue weighted by atomic mass is 19.4. The molecule has 1 aliphatic rings. The Hall–Kier alpha value is -0.550. The quantitative estimate of drug-likeness (QED) is 0.756. The van der Waals surface area contributed by atoms with Gasteiger partial charge in [-0.05, 0) is 13.3 Å². The van der Waals surface area contributed by atoms with E-state index in [-0.39, 0.29) is 6.04 Å². The van der Waals surface area contributed by atoms with Crippen molar-refractivity contribution < 1.29 is 13.2 Å². The minimum absolute atomic E-state index is 0.240. The zero-order chi connectivity index (χ0) is 12.3. The van der Waals surface area contributed by atoms with Crippen molar-refractivity contribution in [3.63, 3.8) is 0 Å². The molecule has 2 unspecified atom stereocenters. The maximum atomic E-state index is 12.6. The van der Waals surface area contributed by atoms with Gasteiger partial charge in [0.2, 0.25) is 0 Å². The molecule has 0 aromatic rings. The summed E-state index contributed by atoms with van der Waals surface area (Å²) in [5.41, 5.74) is -0.621. The van der Waals surface area contributed by atoms with Crippen molar-refractivity contribution in [2.24, 2.45) is 0 Å². The van der Waals surface area contributed by atoms with E-state index in [1.54, 1.807) is 6.92 Å². The third-order valence-corrected chi connectivity index (χ3v) is 2.99. The number of hydrogen-bond acceptors (Lipinski definition) is 2. The molecular formula is C11H19F3N2. The van der Waals surface area contributed by atoms with Crippen LogP contribution in [-0.4, -0.2) is 42.8 Å². The molecule has 2 nitrogen and oxygen atoms in total. The predicted octanol–water partition coefficient (Wildman–Crippen LogP) is 2.18. The summed E-state index contributed by atoms with van der Waals surface area (Å²) in [6.45, 7) is 9.00. The van der Waals surface area contributed by atoms with E-state index in [1.165, 1.54) is 0 Å². The minimum atomic E-state index is -4.28. The third-order valence-electron chi connectivity index (χ3n) is 2.99. The van der Waals surface area contributed by atoms with Gasteiger partial charge in [0.05, 0.1) is 0 Å². The summed E-state index contributed by atoms with van der Waals surface area (Å²) in [6, 6.07) is -0.339. The molecule has 94 valence electrons. The first kappa shape index (κ1) is 13.5. The fraction of sp³-hybridized carbons (Fsp3) is 0.818. The largest absolute Gasteiger partial charge is 0.413 e. The van der Waals surface area contributed by atoms with Crippen LogP contribution in [0.1, 0.15) is 20.3 Å². The van der Waals surface area contributed by atoms with Gasteiger partial charge >= 0.3 is 6.18 Å². The average molecular weight is 236 g/mol. The van der Waals surface area contributed by atoms with Crippen LogP contribution in [0.5, 0.6) is 0 Å². The standard InChI is InChI=1S/C11H19F3N2/c1-4-10(9(3)11(12,13)14)16-6-5-15-8(2)7-16/h8,10,15H,3-7H2,1-2H3. The van der Waals surface area contributed by atoms with Crippen molar-refractivity contribution in [2.45, 2.75) is 38.5 Å². The van der Waals surface area contributed by atoms with Crippen LogP contribution in [0, 0.1) is 0 Å². The Morgan fingerprint density at radius 1 is 1.56 bits per heavy atom. The SMILES string of the molecule is C=C(C(CC)N1CCNC(C)C1)C(F)(F)F. The lowest BCUT2D eigenvalue weighted by Crippen LogP contribution is -2.54. The maximum absolute atomic E-state index is 12.6. The topological polar surface area (TPSA) is 15.3 Å². The lowest BCUT2D eigenvalue weighted by atomic mass is 10.0. The van der Waals surface area contributed by atoms with Crippen LogP contribution >= 0.6 is 0 Å². The van der Waals surface area contributed by atoms with Crippen molar-refractivity contribution in [2.75, 3.05) is 19.6 Å². The molecule has 0 aromatic heterocycles. The average Bonchev–Trinajstić information content (AvgIpc) is 2.17. The molecule has 2 atom stereocenters. The number of nitrogens with one attached hydrogen (secondary N) is 1. The van der Waals surface area contributed by atoms with Crippen LogP contribution in [0.15, 0.2) is 12.2 Å². The van der Waals surface area contributed by atoms with E-state index >= 15 is 0 Å². The monoisotopic (exact) mass is 236 g/mol. The molecule has 0 bridgehead atoms. The van der Waals surface area contributed by atoms with Gasteiger partial charge < -0.3 is 5.32 Å². The molecule has 1 N–H and O–H groups in total. The summed E-state index contributed by atoms with van der Waals surface area (Å²) in [6.07, 6.45) is -3.83. The van der Waals surface area contributed by atoms with Gasteiger partial charge in [0.15, 0.2) is 0 Å². The predicted molar refractivity (Wildman–Crippen MR) is 58.3 cm³/mol. The summed E-state index contributed by atoms with van der Waals surface area (Å²) in [7, 11) is 0. The summed E-state index contributed by atoms with van der Waals surface area (Å²) in [4.78, 5) is 1.87. The van der Waals surface area contributed by atoms with Gasteiger partial charge in [0.25, 0.3) is 0 Å². The van der Waals surface area contributed by atoms with E-state index < -0.39 is 17.8 Å². The Labute approximate surface area is 94.5 Å². The molecule has 16 heavy (non-hydrogen) atoms.